The average molecular weight is 375 g/mol. The van der Waals surface area contributed by atoms with E-state index in [2.05, 4.69) is 31.7 Å². The third kappa shape index (κ3) is 3.95. The summed E-state index contributed by atoms with van der Waals surface area (Å²) in [7, 11) is 0. The Labute approximate surface area is 140 Å². The van der Waals surface area contributed by atoms with Gasteiger partial charge in [0.1, 0.15) is 5.82 Å². The van der Waals surface area contributed by atoms with Gasteiger partial charge in [0.2, 0.25) is 0 Å². The second-order valence-corrected chi connectivity index (χ2v) is 5.66. The SMILES string of the molecule is O=C(Nc1ccc(-n2cc(Br)cn2)cc1)Nc1cccc(F)c1. The van der Waals surface area contributed by atoms with E-state index in [1.165, 1.54) is 18.2 Å². The van der Waals surface area contributed by atoms with Crippen LogP contribution in [0.25, 0.3) is 5.69 Å². The molecule has 1 heterocycles. The van der Waals surface area contributed by atoms with E-state index in [0.717, 1.165) is 10.2 Å². The Hall–Kier alpha value is -2.67. The van der Waals surface area contributed by atoms with Gasteiger partial charge in [-0.15, -0.1) is 0 Å². The van der Waals surface area contributed by atoms with Crippen LogP contribution in [0.4, 0.5) is 20.6 Å². The van der Waals surface area contributed by atoms with Gasteiger partial charge in [0.15, 0.2) is 0 Å². The highest BCUT2D eigenvalue weighted by molar-refractivity contribution is 9.10. The molecule has 7 heteroatoms. The number of aromatic nitrogens is 2. The summed E-state index contributed by atoms with van der Waals surface area (Å²) in [6, 6.07) is 12.4. The lowest BCUT2D eigenvalue weighted by atomic mass is 10.3. The molecule has 0 radical (unpaired) electrons. The van der Waals surface area contributed by atoms with Crippen molar-refractivity contribution in [3.05, 3.63) is 71.2 Å². The van der Waals surface area contributed by atoms with Crippen molar-refractivity contribution in [1.82, 2.24) is 9.78 Å². The predicted octanol–water partition coefficient (Wildman–Crippen LogP) is 4.42. The lowest BCUT2D eigenvalue weighted by Crippen LogP contribution is -2.19. The van der Waals surface area contributed by atoms with Crippen molar-refractivity contribution >= 4 is 33.3 Å². The zero-order valence-corrected chi connectivity index (χ0v) is 13.4. The Morgan fingerprint density at radius 2 is 1.83 bits per heavy atom. The number of carbonyl (C=O) groups excluding carboxylic acids is 1. The molecule has 0 atom stereocenters. The predicted molar refractivity (Wildman–Crippen MR) is 90.3 cm³/mol. The minimum atomic E-state index is -0.440. The second kappa shape index (κ2) is 6.62. The van der Waals surface area contributed by atoms with Gasteiger partial charge in [-0.25, -0.2) is 13.9 Å². The second-order valence-electron chi connectivity index (χ2n) is 4.74. The molecule has 23 heavy (non-hydrogen) atoms. The first-order chi connectivity index (χ1) is 11.1. The minimum Gasteiger partial charge on any atom is -0.308 e. The van der Waals surface area contributed by atoms with Crippen molar-refractivity contribution in [3.63, 3.8) is 0 Å². The van der Waals surface area contributed by atoms with Crippen molar-refractivity contribution in [3.8, 4) is 5.69 Å². The Morgan fingerprint density at radius 3 is 2.48 bits per heavy atom. The summed E-state index contributed by atoms with van der Waals surface area (Å²) >= 11 is 3.34. The highest BCUT2D eigenvalue weighted by Crippen LogP contribution is 2.16. The van der Waals surface area contributed by atoms with Gasteiger partial charge in [-0.3, -0.25) is 0 Å². The summed E-state index contributed by atoms with van der Waals surface area (Å²) < 4.78 is 15.7. The third-order valence-corrected chi connectivity index (χ3v) is 3.43. The number of hydrogen-bond donors (Lipinski definition) is 2. The number of rotatable bonds is 3. The first-order valence-corrected chi connectivity index (χ1v) is 7.54. The van der Waals surface area contributed by atoms with Gasteiger partial charge in [-0.2, -0.15) is 5.10 Å². The quantitative estimate of drug-likeness (QED) is 0.712. The molecule has 0 aliphatic rings. The topological polar surface area (TPSA) is 59.0 Å². The van der Waals surface area contributed by atoms with Crippen LogP contribution in [-0.4, -0.2) is 15.8 Å². The van der Waals surface area contributed by atoms with Crippen molar-refractivity contribution < 1.29 is 9.18 Å². The number of urea groups is 1. The number of benzene rings is 2. The molecular formula is C16H12BrFN4O. The molecule has 0 saturated heterocycles. The lowest BCUT2D eigenvalue weighted by Gasteiger charge is -2.08. The van der Waals surface area contributed by atoms with Crippen molar-refractivity contribution in [1.29, 1.82) is 0 Å². The molecule has 2 aromatic carbocycles. The molecule has 1 aromatic heterocycles. The van der Waals surface area contributed by atoms with Gasteiger partial charge < -0.3 is 10.6 Å². The van der Waals surface area contributed by atoms with Gasteiger partial charge in [-0.05, 0) is 58.4 Å². The largest absolute Gasteiger partial charge is 0.323 e. The van der Waals surface area contributed by atoms with Crippen LogP contribution >= 0.6 is 15.9 Å². The van der Waals surface area contributed by atoms with Crippen LogP contribution in [0.15, 0.2) is 65.4 Å². The fraction of sp³-hybridized carbons (Fsp3) is 0. The van der Waals surface area contributed by atoms with Crippen LogP contribution in [0.3, 0.4) is 0 Å². The Bertz CT molecular complexity index is 832. The molecule has 3 rings (SSSR count). The van der Waals surface area contributed by atoms with Crippen LogP contribution in [-0.2, 0) is 0 Å². The summed E-state index contributed by atoms with van der Waals surface area (Å²) in [4.78, 5) is 11.9. The van der Waals surface area contributed by atoms with Crippen molar-refractivity contribution in [2.24, 2.45) is 0 Å². The fourth-order valence-corrected chi connectivity index (χ4v) is 2.28. The number of halogens is 2. The molecule has 0 fully saturated rings. The van der Waals surface area contributed by atoms with E-state index in [1.807, 2.05) is 18.3 Å². The summed E-state index contributed by atoms with van der Waals surface area (Å²) in [6.07, 6.45) is 3.53. The number of anilines is 2. The van der Waals surface area contributed by atoms with Crippen LogP contribution < -0.4 is 10.6 Å². The standard InChI is InChI=1S/C16H12BrFN4O/c17-11-9-19-22(10-11)15-6-4-13(5-7-15)20-16(23)21-14-3-1-2-12(18)8-14/h1-10H,(H2,20,21,23). The van der Waals surface area contributed by atoms with E-state index in [-0.39, 0.29) is 0 Å². The lowest BCUT2D eigenvalue weighted by molar-refractivity contribution is 0.262. The average Bonchev–Trinajstić information content (AvgIpc) is 2.94. The maximum atomic E-state index is 13.1. The maximum Gasteiger partial charge on any atom is 0.323 e. The molecule has 0 spiro atoms. The number of amides is 2. The molecule has 3 aromatic rings. The zero-order chi connectivity index (χ0) is 16.2. The van der Waals surface area contributed by atoms with Gasteiger partial charge in [0.25, 0.3) is 0 Å². The molecule has 0 aliphatic carbocycles. The molecule has 0 bridgehead atoms. The summed E-state index contributed by atoms with van der Waals surface area (Å²) in [5, 5.41) is 9.42. The molecule has 0 unspecified atom stereocenters. The van der Waals surface area contributed by atoms with Crippen molar-refractivity contribution in [2.75, 3.05) is 10.6 Å². The maximum absolute atomic E-state index is 13.1. The van der Waals surface area contributed by atoms with Crippen LogP contribution in [0.5, 0.6) is 0 Å². The van der Waals surface area contributed by atoms with E-state index in [4.69, 9.17) is 0 Å². The van der Waals surface area contributed by atoms with E-state index in [9.17, 15) is 9.18 Å². The highest BCUT2D eigenvalue weighted by Gasteiger charge is 2.04. The number of nitrogens with one attached hydrogen (secondary N) is 2. The van der Waals surface area contributed by atoms with Gasteiger partial charge in [0.05, 0.1) is 16.4 Å². The van der Waals surface area contributed by atoms with Gasteiger partial charge in [-0.1, -0.05) is 6.07 Å². The van der Waals surface area contributed by atoms with E-state index in [1.54, 1.807) is 29.1 Å². The van der Waals surface area contributed by atoms with Gasteiger partial charge in [0, 0.05) is 17.6 Å². The molecule has 0 saturated carbocycles. The van der Waals surface area contributed by atoms with E-state index in [0.29, 0.717) is 11.4 Å². The molecule has 5 nitrogen and oxygen atoms in total. The highest BCUT2D eigenvalue weighted by atomic mass is 79.9. The van der Waals surface area contributed by atoms with Crippen LogP contribution in [0.1, 0.15) is 0 Å². The monoisotopic (exact) mass is 374 g/mol. The fourth-order valence-electron chi connectivity index (χ4n) is 2.00. The van der Waals surface area contributed by atoms with E-state index >= 15 is 0 Å². The van der Waals surface area contributed by atoms with Gasteiger partial charge >= 0.3 is 6.03 Å². The molecule has 2 amide bonds. The Kier molecular flexibility index (Phi) is 4.38. The number of carbonyl (C=O) groups is 1. The number of hydrogen-bond acceptors (Lipinski definition) is 2. The van der Waals surface area contributed by atoms with Crippen LogP contribution in [0.2, 0.25) is 0 Å². The summed E-state index contributed by atoms with van der Waals surface area (Å²) in [5.41, 5.74) is 1.88. The smallest absolute Gasteiger partial charge is 0.308 e. The summed E-state index contributed by atoms with van der Waals surface area (Å²) in [5.74, 6) is -0.405. The van der Waals surface area contributed by atoms with E-state index < -0.39 is 11.8 Å². The first kappa shape index (κ1) is 15.2. The molecule has 0 aliphatic heterocycles. The molecule has 2 N–H and O–H groups in total. The van der Waals surface area contributed by atoms with Crippen LogP contribution in [0, 0.1) is 5.82 Å². The first-order valence-electron chi connectivity index (χ1n) is 6.74. The molecular weight excluding hydrogens is 363 g/mol. The summed E-state index contributed by atoms with van der Waals surface area (Å²) in [6.45, 7) is 0. The number of nitrogens with zero attached hydrogens (tertiary/aromatic N) is 2. The Morgan fingerprint density at radius 1 is 1.09 bits per heavy atom. The normalized spacial score (nSPS) is 10.3. The molecule has 116 valence electrons. The van der Waals surface area contributed by atoms with Crippen molar-refractivity contribution in [2.45, 2.75) is 0 Å². The minimum absolute atomic E-state index is 0.389. The third-order valence-electron chi connectivity index (χ3n) is 3.02. The Balaban J connectivity index is 1.65. The zero-order valence-electron chi connectivity index (χ0n) is 11.8.